The van der Waals surface area contributed by atoms with Gasteiger partial charge < -0.3 is 15.2 Å². The molecule has 0 aromatic carbocycles. The molecule has 10 heavy (non-hydrogen) atoms. The van der Waals surface area contributed by atoms with Gasteiger partial charge in [-0.05, 0) is 12.8 Å². The summed E-state index contributed by atoms with van der Waals surface area (Å²) in [5, 5.41) is 12.3. The van der Waals surface area contributed by atoms with Gasteiger partial charge in [-0.2, -0.15) is 0 Å². The van der Waals surface area contributed by atoms with E-state index in [0.717, 1.165) is 26.0 Å². The van der Waals surface area contributed by atoms with Gasteiger partial charge in [-0.15, -0.1) is 0 Å². The van der Waals surface area contributed by atoms with Crippen molar-refractivity contribution < 1.29 is 9.84 Å². The van der Waals surface area contributed by atoms with E-state index in [9.17, 15) is 0 Å². The Labute approximate surface area is 61.4 Å². The van der Waals surface area contributed by atoms with Crippen LogP contribution in [0.5, 0.6) is 0 Å². The van der Waals surface area contributed by atoms with E-state index in [-0.39, 0.29) is 6.10 Å². The molecule has 1 aliphatic heterocycles. The van der Waals surface area contributed by atoms with Crippen molar-refractivity contribution in [3.8, 4) is 0 Å². The van der Waals surface area contributed by atoms with Gasteiger partial charge >= 0.3 is 0 Å². The smallest absolute Gasteiger partial charge is 0.0679 e. The molecule has 2 atom stereocenters. The van der Waals surface area contributed by atoms with E-state index >= 15 is 0 Å². The van der Waals surface area contributed by atoms with Crippen molar-refractivity contribution in [2.45, 2.75) is 25.0 Å². The first-order valence-electron chi connectivity index (χ1n) is 3.73. The number of ether oxygens (including phenoxy) is 1. The maximum absolute atomic E-state index is 9.10. The topological polar surface area (TPSA) is 41.5 Å². The minimum Gasteiger partial charge on any atom is -0.392 e. The summed E-state index contributed by atoms with van der Waals surface area (Å²) in [7, 11) is 1.70. The molecule has 0 aliphatic carbocycles. The third-order valence-corrected chi connectivity index (χ3v) is 1.87. The van der Waals surface area contributed by atoms with E-state index in [0.29, 0.717) is 6.04 Å². The molecular formula is C7H15NO2. The quantitative estimate of drug-likeness (QED) is 0.575. The van der Waals surface area contributed by atoms with Gasteiger partial charge in [-0.3, -0.25) is 0 Å². The third-order valence-electron chi connectivity index (χ3n) is 1.87. The normalized spacial score (nSPS) is 33.0. The van der Waals surface area contributed by atoms with Gasteiger partial charge in [0.2, 0.25) is 0 Å². The van der Waals surface area contributed by atoms with Crippen LogP contribution in [-0.4, -0.2) is 37.5 Å². The van der Waals surface area contributed by atoms with Crippen LogP contribution in [0.3, 0.4) is 0 Å². The fourth-order valence-corrected chi connectivity index (χ4v) is 1.28. The molecule has 0 saturated carbocycles. The second-order valence-electron chi connectivity index (χ2n) is 2.78. The number of hydrogen-bond donors (Lipinski definition) is 2. The van der Waals surface area contributed by atoms with E-state index in [2.05, 4.69) is 5.32 Å². The Kier molecular flexibility index (Phi) is 3.12. The van der Waals surface area contributed by atoms with Gasteiger partial charge in [0.05, 0.1) is 6.10 Å². The highest BCUT2D eigenvalue weighted by molar-refractivity contribution is 4.80. The van der Waals surface area contributed by atoms with Crippen LogP contribution >= 0.6 is 0 Å². The molecule has 2 N–H and O–H groups in total. The third kappa shape index (κ3) is 2.25. The molecule has 1 saturated heterocycles. The van der Waals surface area contributed by atoms with E-state index in [1.54, 1.807) is 7.11 Å². The van der Waals surface area contributed by atoms with Gasteiger partial charge in [0, 0.05) is 26.3 Å². The zero-order chi connectivity index (χ0) is 7.40. The van der Waals surface area contributed by atoms with Crippen LogP contribution in [0.25, 0.3) is 0 Å². The van der Waals surface area contributed by atoms with Crippen molar-refractivity contribution in [2.24, 2.45) is 0 Å². The summed E-state index contributed by atoms with van der Waals surface area (Å²) in [4.78, 5) is 0. The van der Waals surface area contributed by atoms with Crippen LogP contribution in [0.1, 0.15) is 12.8 Å². The minimum atomic E-state index is -0.137. The van der Waals surface area contributed by atoms with E-state index in [1.807, 2.05) is 0 Å². The summed E-state index contributed by atoms with van der Waals surface area (Å²) in [5.74, 6) is 0. The maximum Gasteiger partial charge on any atom is 0.0679 e. The summed E-state index contributed by atoms with van der Waals surface area (Å²) in [6.07, 6.45) is 1.75. The van der Waals surface area contributed by atoms with Gasteiger partial charge in [0.15, 0.2) is 0 Å². The van der Waals surface area contributed by atoms with Crippen molar-refractivity contribution in [1.82, 2.24) is 5.32 Å². The number of rotatable bonds is 3. The lowest BCUT2D eigenvalue weighted by atomic mass is 10.1. The molecule has 1 aliphatic rings. The molecule has 1 heterocycles. The Hall–Kier alpha value is -0.120. The highest BCUT2D eigenvalue weighted by Crippen LogP contribution is 2.08. The molecule has 0 aromatic rings. The summed E-state index contributed by atoms with van der Waals surface area (Å²) in [5.41, 5.74) is 0. The largest absolute Gasteiger partial charge is 0.392 e. The molecular weight excluding hydrogens is 130 g/mol. The number of aliphatic hydroxyl groups is 1. The Morgan fingerprint density at radius 1 is 1.70 bits per heavy atom. The summed E-state index contributed by atoms with van der Waals surface area (Å²) >= 11 is 0. The molecule has 0 amide bonds. The molecule has 3 nitrogen and oxygen atoms in total. The molecule has 60 valence electrons. The fraction of sp³-hybridized carbons (Fsp3) is 1.00. The zero-order valence-corrected chi connectivity index (χ0v) is 6.34. The predicted molar refractivity (Wildman–Crippen MR) is 38.9 cm³/mol. The van der Waals surface area contributed by atoms with Crippen molar-refractivity contribution in [1.29, 1.82) is 0 Å². The minimum absolute atomic E-state index is 0.137. The second kappa shape index (κ2) is 3.91. The van der Waals surface area contributed by atoms with Gasteiger partial charge in [-0.25, -0.2) is 0 Å². The van der Waals surface area contributed by atoms with E-state index < -0.39 is 0 Å². The number of methoxy groups -OCH3 is 1. The Bertz CT molecular complexity index is 97.6. The lowest BCUT2D eigenvalue weighted by Gasteiger charge is -2.07. The van der Waals surface area contributed by atoms with Gasteiger partial charge in [-0.1, -0.05) is 0 Å². The standard InChI is InChI=1S/C7H15NO2/c1-10-3-2-6-4-7(9)5-8-6/h6-9H,2-5H2,1H3/t6-,7+/m1/s1. The predicted octanol–water partition coefficient (Wildman–Crippen LogP) is -0.254. The zero-order valence-electron chi connectivity index (χ0n) is 6.34. The summed E-state index contributed by atoms with van der Waals surface area (Å²) < 4.78 is 4.92. The van der Waals surface area contributed by atoms with Crippen LogP contribution in [-0.2, 0) is 4.74 Å². The van der Waals surface area contributed by atoms with Crippen LogP contribution < -0.4 is 5.32 Å². The second-order valence-corrected chi connectivity index (χ2v) is 2.78. The van der Waals surface area contributed by atoms with Crippen LogP contribution in [0.15, 0.2) is 0 Å². The first-order valence-corrected chi connectivity index (χ1v) is 3.73. The molecule has 0 bridgehead atoms. The summed E-state index contributed by atoms with van der Waals surface area (Å²) in [6, 6.07) is 0.468. The van der Waals surface area contributed by atoms with Gasteiger partial charge in [0.25, 0.3) is 0 Å². The van der Waals surface area contributed by atoms with Crippen molar-refractivity contribution in [3.63, 3.8) is 0 Å². The number of nitrogens with one attached hydrogen (secondary N) is 1. The number of aliphatic hydroxyl groups excluding tert-OH is 1. The maximum atomic E-state index is 9.10. The Morgan fingerprint density at radius 3 is 3.00 bits per heavy atom. The van der Waals surface area contributed by atoms with Crippen LogP contribution in [0, 0.1) is 0 Å². The van der Waals surface area contributed by atoms with Crippen LogP contribution in [0.4, 0.5) is 0 Å². The van der Waals surface area contributed by atoms with Crippen molar-refractivity contribution >= 4 is 0 Å². The van der Waals surface area contributed by atoms with Crippen molar-refractivity contribution in [2.75, 3.05) is 20.3 Å². The molecule has 3 heteroatoms. The number of β-amino-alcohol motifs (C(OH)–C–C–N with tert-alkyl or cyclic N) is 1. The fourth-order valence-electron chi connectivity index (χ4n) is 1.28. The first-order chi connectivity index (χ1) is 4.83. The monoisotopic (exact) mass is 145 g/mol. The highest BCUT2D eigenvalue weighted by atomic mass is 16.5. The van der Waals surface area contributed by atoms with E-state index in [4.69, 9.17) is 9.84 Å². The SMILES string of the molecule is COCC[C@@H]1C[C@H](O)CN1. The molecule has 0 unspecified atom stereocenters. The summed E-state index contributed by atoms with van der Waals surface area (Å²) in [6.45, 7) is 1.53. The molecule has 0 spiro atoms. The van der Waals surface area contributed by atoms with E-state index in [1.165, 1.54) is 0 Å². The average Bonchev–Trinajstić information content (AvgIpc) is 2.31. The number of hydrogen-bond acceptors (Lipinski definition) is 3. The lowest BCUT2D eigenvalue weighted by molar-refractivity contribution is 0.174. The Morgan fingerprint density at radius 2 is 2.50 bits per heavy atom. The average molecular weight is 145 g/mol. The molecule has 1 fully saturated rings. The highest BCUT2D eigenvalue weighted by Gasteiger charge is 2.20. The molecule has 0 aromatic heterocycles. The Balaban J connectivity index is 2.06. The van der Waals surface area contributed by atoms with Crippen molar-refractivity contribution in [3.05, 3.63) is 0 Å². The first kappa shape index (κ1) is 7.98. The lowest BCUT2D eigenvalue weighted by Crippen LogP contribution is -2.22. The van der Waals surface area contributed by atoms with Gasteiger partial charge in [0.1, 0.15) is 0 Å². The molecule has 1 rings (SSSR count). The molecule has 0 radical (unpaired) electrons. The van der Waals surface area contributed by atoms with Crippen LogP contribution in [0.2, 0.25) is 0 Å².